The molecule has 3 fully saturated rings. The summed E-state index contributed by atoms with van der Waals surface area (Å²) in [5.74, 6) is 1.01. The molecule has 0 spiro atoms. The molecule has 1 saturated carbocycles. The van der Waals surface area contributed by atoms with E-state index in [1.807, 2.05) is 24.3 Å². The highest BCUT2D eigenvalue weighted by Crippen LogP contribution is 2.62. The molecule has 3 aromatic rings. The first-order valence-electron chi connectivity index (χ1n) is 15.6. The van der Waals surface area contributed by atoms with Gasteiger partial charge in [0.25, 0.3) is 0 Å². The van der Waals surface area contributed by atoms with E-state index in [4.69, 9.17) is 19.2 Å². The minimum Gasteiger partial charge on any atom is -0.488 e. The molecule has 7 rings (SSSR count). The molecule has 226 valence electrons. The van der Waals surface area contributed by atoms with E-state index < -0.39 is 11.4 Å². The molecule has 3 aliphatic heterocycles. The van der Waals surface area contributed by atoms with Gasteiger partial charge in [-0.2, -0.15) is 0 Å². The molecule has 1 N–H and O–H groups in total. The van der Waals surface area contributed by atoms with Crippen molar-refractivity contribution in [2.24, 2.45) is 11.3 Å². The van der Waals surface area contributed by atoms with Crippen LogP contribution in [0.4, 0.5) is 5.82 Å². The summed E-state index contributed by atoms with van der Waals surface area (Å²) in [7, 11) is 1.63. The molecule has 0 amide bonds. The number of piperidine rings is 1. The maximum absolute atomic E-state index is 12.2. The molecule has 1 aliphatic carbocycles. The summed E-state index contributed by atoms with van der Waals surface area (Å²) in [6.07, 6.45) is 4.04. The third-order valence-corrected chi connectivity index (χ3v) is 10.2. The Balaban J connectivity index is 1.10. The van der Waals surface area contributed by atoms with Crippen LogP contribution in [0.15, 0.2) is 54.6 Å². The Morgan fingerprint density at radius 3 is 2.77 bits per heavy atom. The minimum atomic E-state index is -0.734. The summed E-state index contributed by atoms with van der Waals surface area (Å²) < 4.78 is 17.6. The number of anilines is 1. The summed E-state index contributed by atoms with van der Waals surface area (Å²) in [6, 6.07) is 19.3. The predicted molar refractivity (Wildman–Crippen MR) is 164 cm³/mol. The topological polar surface area (TPSA) is 84.4 Å². The normalized spacial score (nSPS) is 25.3. The number of carbonyl (C=O) groups is 1. The van der Waals surface area contributed by atoms with E-state index in [0.717, 1.165) is 74.0 Å². The van der Waals surface area contributed by atoms with Crippen LogP contribution in [0.5, 0.6) is 5.75 Å². The maximum Gasteiger partial charge on any atom is 0.312 e. The number of nitrogens with zero attached hydrogens (tertiary/aromatic N) is 3. The number of aryl methyl sites for hydroxylation is 1. The standard InChI is InChI=1S/C35H41N3O5/c1-23-5-3-6-29(30-7-4-8-32(36-30)38-20-27-18-35(27,34(39)40)31(38)22-41-2)33(23)43-21-24-9-10-25-11-14-37(19-26(25)17-24)28-12-15-42-16-13-28/h3-10,17,27-28,31H,11-16,18-22H2,1-2H3,(H,39,40)/t27-,31+,35+/m0/s1. The lowest BCUT2D eigenvalue weighted by atomic mass is 9.95. The maximum atomic E-state index is 12.2. The second-order valence-electron chi connectivity index (χ2n) is 12.7. The van der Waals surface area contributed by atoms with E-state index >= 15 is 0 Å². The van der Waals surface area contributed by atoms with Gasteiger partial charge in [-0.1, -0.05) is 36.4 Å². The van der Waals surface area contributed by atoms with Crippen LogP contribution in [0.3, 0.4) is 0 Å². The van der Waals surface area contributed by atoms with Crippen LogP contribution < -0.4 is 9.64 Å². The van der Waals surface area contributed by atoms with Crippen LogP contribution >= 0.6 is 0 Å². The van der Waals surface area contributed by atoms with Gasteiger partial charge in [-0.05, 0) is 79.0 Å². The Morgan fingerprint density at radius 1 is 1.12 bits per heavy atom. The molecular weight excluding hydrogens is 542 g/mol. The number of rotatable bonds is 9. The molecule has 2 aromatic carbocycles. The van der Waals surface area contributed by atoms with Crippen molar-refractivity contribution in [2.75, 3.05) is 44.9 Å². The molecule has 8 heteroatoms. The van der Waals surface area contributed by atoms with Gasteiger partial charge in [-0.15, -0.1) is 0 Å². The fourth-order valence-corrected chi connectivity index (χ4v) is 7.70. The quantitative estimate of drug-likeness (QED) is 0.373. The van der Waals surface area contributed by atoms with Crippen molar-refractivity contribution in [1.29, 1.82) is 0 Å². The Morgan fingerprint density at radius 2 is 1.95 bits per heavy atom. The highest BCUT2D eigenvalue weighted by atomic mass is 16.5. The number of methoxy groups -OCH3 is 1. The number of benzene rings is 2. The number of carboxylic acid groups (broad SMARTS) is 1. The highest BCUT2D eigenvalue weighted by Gasteiger charge is 2.71. The summed E-state index contributed by atoms with van der Waals surface area (Å²) in [5.41, 5.74) is 6.09. The molecule has 0 radical (unpaired) electrons. The zero-order chi connectivity index (χ0) is 29.6. The summed E-state index contributed by atoms with van der Waals surface area (Å²) in [5, 5.41) is 10.0. The zero-order valence-corrected chi connectivity index (χ0v) is 25.1. The molecule has 0 bridgehead atoms. The van der Waals surface area contributed by atoms with Gasteiger partial charge < -0.3 is 24.2 Å². The van der Waals surface area contributed by atoms with Gasteiger partial charge in [0.1, 0.15) is 18.2 Å². The van der Waals surface area contributed by atoms with Crippen molar-refractivity contribution in [1.82, 2.24) is 9.88 Å². The largest absolute Gasteiger partial charge is 0.488 e. The van der Waals surface area contributed by atoms with Gasteiger partial charge in [0, 0.05) is 51.6 Å². The summed E-state index contributed by atoms with van der Waals surface area (Å²) in [4.78, 5) is 22.0. The van der Waals surface area contributed by atoms with Gasteiger partial charge in [-0.25, -0.2) is 4.98 Å². The molecule has 0 unspecified atom stereocenters. The van der Waals surface area contributed by atoms with E-state index in [9.17, 15) is 9.90 Å². The number of aliphatic carboxylic acids is 1. The van der Waals surface area contributed by atoms with Crippen LogP contribution in [0, 0.1) is 18.3 Å². The van der Waals surface area contributed by atoms with Crippen molar-refractivity contribution in [2.45, 2.75) is 57.8 Å². The Kier molecular flexibility index (Phi) is 7.61. The van der Waals surface area contributed by atoms with E-state index in [-0.39, 0.29) is 12.0 Å². The molecule has 43 heavy (non-hydrogen) atoms. The predicted octanol–water partition coefficient (Wildman–Crippen LogP) is 5.10. The van der Waals surface area contributed by atoms with E-state index in [1.54, 1.807) is 7.11 Å². The fraction of sp³-hybridized carbons (Fsp3) is 0.486. The second-order valence-corrected chi connectivity index (χ2v) is 12.7. The Labute approximate surface area is 253 Å². The van der Waals surface area contributed by atoms with Crippen molar-refractivity contribution in [3.8, 4) is 17.0 Å². The Hall–Kier alpha value is -3.46. The van der Waals surface area contributed by atoms with Crippen molar-refractivity contribution < 1.29 is 24.1 Å². The SMILES string of the molecule is COC[C@H]1N(c2cccc(-c3cccc(C)c3OCc3ccc4c(c3)CN(C3CCOCC3)CC4)n2)C[C@@H]2C[C@@]21C(=O)O. The number of aromatic nitrogens is 1. The fourth-order valence-electron chi connectivity index (χ4n) is 7.70. The van der Waals surface area contributed by atoms with Crippen molar-refractivity contribution in [3.05, 3.63) is 76.9 Å². The molecule has 2 saturated heterocycles. The summed E-state index contributed by atoms with van der Waals surface area (Å²) in [6.45, 7) is 7.44. The summed E-state index contributed by atoms with van der Waals surface area (Å²) >= 11 is 0. The van der Waals surface area contributed by atoms with Gasteiger partial charge in [0.05, 0.1) is 23.8 Å². The average molecular weight is 584 g/mol. The van der Waals surface area contributed by atoms with Gasteiger partial charge in [0.15, 0.2) is 0 Å². The lowest BCUT2D eigenvalue weighted by Gasteiger charge is -2.37. The number of carboxylic acids is 1. The monoisotopic (exact) mass is 583 g/mol. The first-order valence-corrected chi connectivity index (χ1v) is 15.6. The molecule has 3 atom stereocenters. The van der Waals surface area contributed by atoms with Gasteiger partial charge in [-0.3, -0.25) is 9.69 Å². The minimum absolute atomic E-state index is 0.133. The number of ether oxygens (including phenoxy) is 3. The van der Waals surface area contributed by atoms with Crippen LogP contribution in [-0.4, -0.2) is 73.1 Å². The van der Waals surface area contributed by atoms with Crippen LogP contribution in [0.25, 0.3) is 11.3 Å². The first-order chi connectivity index (χ1) is 21.0. The van der Waals surface area contributed by atoms with E-state index in [1.165, 1.54) is 16.7 Å². The zero-order valence-electron chi connectivity index (χ0n) is 25.1. The lowest BCUT2D eigenvalue weighted by molar-refractivity contribution is -0.144. The number of hydrogen-bond acceptors (Lipinski definition) is 7. The second kappa shape index (κ2) is 11.6. The average Bonchev–Trinajstić information content (AvgIpc) is 3.69. The number of pyridine rings is 1. The smallest absolute Gasteiger partial charge is 0.312 e. The molecule has 1 aromatic heterocycles. The number of fused-ring (bicyclic) bond motifs is 2. The van der Waals surface area contributed by atoms with Crippen molar-refractivity contribution in [3.63, 3.8) is 0 Å². The third-order valence-electron chi connectivity index (χ3n) is 10.2. The van der Waals surface area contributed by atoms with Crippen LogP contribution in [0.1, 0.15) is 41.5 Å². The van der Waals surface area contributed by atoms with Crippen LogP contribution in [-0.2, 0) is 33.8 Å². The molecular formula is C35H41N3O5. The third kappa shape index (κ3) is 5.19. The number of para-hydroxylation sites is 1. The molecule has 8 nitrogen and oxygen atoms in total. The highest BCUT2D eigenvalue weighted by molar-refractivity contribution is 5.82. The molecule has 4 heterocycles. The lowest BCUT2D eigenvalue weighted by Crippen LogP contribution is -2.43. The first kappa shape index (κ1) is 28.3. The molecule has 4 aliphatic rings. The van der Waals surface area contributed by atoms with Gasteiger partial charge >= 0.3 is 5.97 Å². The Bertz CT molecular complexity index is 1500. The number of hydrogen-bond donors (Lipinski definition) is 1. The van der Waals surface area contributed by atoms with Crippen molar-refractivity contribution >= 4 is 11.8 Å². The van der Waals surface area contributed by atoms with Crippen LogP contribution in [0.2, 0.25) is 0 Å². The van der Waals surface area contributed by atoms with E-state index in [0.29, 0.717) is 32.2 Å². The van der Waals surface area contributed by atoms with Gasteiger partial charge in [0.2, 0.25) is 0 Å². The van der Waals surface area contributed by atoms with E-state index in [2.05, 4.69) is 47.1 Å².